The van der Waals surface area contributed by atoms with Crippen LogP contribution in [0.1, 0.15) is 24.2 Å². The van der Waals surface area contributed by atoms with Crippen molar-refractivity contribution in [1.82, 2.24) is 0 Å². The molecular weight excluding hydrogens is 244 g/mol. The second-order valence-corrected chi connectivity index (χ2v) is 4.65. The summed E-state index contributed by atoms with van der Waals surface area (Å²) < 4.78 is 10.1. The number of ether oxygens (including phenoxy) is 2. The van der Waals surface area contributed by atoms with Crippen LogP contribution in [0.2, 0.25) is 0 Å². The fourth-order valence-electron chi connectivity index (χ4n) is 1.58. The monoisotopic (exact) mass is 266 g/mol. The van der Waals surface area contributed by atoms with E-state index in [1.807, 2.05) is 6.07 Å². The van der Waals surface area contributed by atoms with E-state index in [0.29, 0.717) is 30.3 Å². The summed E-state index contributed by atoms with van der Waals surface area (Å²) in [4.78, 5) is 11.5. The summed E-state index contributed by atoms with van der Waals surface area (Å²) in [6.07, 6.45) is 0. The number of anilines is 2. The lowest BCUT2D eigenvalue weighted by molar-refractivity contribution is 0.0602. The maximum absolute atomic E-state index is 11.5. The molecule has 0 aliphatic carbocycles. The molecule has 3 N–H and O–H groups in total. The van der Waals surface area contributed by atoms with Crippen molar-refractivity contribution >= 4 is 17.3 Å². The number of hydrogen-bond acceptors (Lipinski definition) is 5. The average Bonchev–Trinajstić information content (AvgIpc) is 2.39. The van der Waals surface area contributed by atoms with Gasteiger partial charge in [-0.05, 0) is 18.1 Å². The fraction of sp³-hybridized carbons (Fsp3) is 0.500. The molecule has 0 aromatic heterocycles. The minimum absolute atomic E-state index is 0.371. The van der Waals surface area contributed by atoms with Crippen LogP contribution >= 0.6 is 0 Å². The first kappa shape index (κ1) is 15.3. The Morgan fingerprint density at radius 1 is 1.42 bits per heavy atom. The zero-order valence-electron chi connectivity index (χ0n) is 11.7. The molecule has 0 bridgehead atoms. The lowest BCUT2D eigenvalue weighted by Gasteiger charge is -2.12. The third-order valence-corrected chi connectivity index (χ3v) is 2.52. The number of methoxy groups -OCH3 is 1. The van der Waals surface area contributed by atoms with Crippen molar-refractivity contribution in [2.24, 2.45) is 5.92 Å². The summed E-state index contributed by atoms with van der Waals surface area (Å²) in [7, 11) is 1.33. The number of esters is 1. The fourth-order valence-corrected chi connectivity index (χ4v) is 1.58. The van der Waals surface area contributed by atoms with Crippen molar-refractivity contribution in [3.8, 4) is 0 Å². The maximum atomic E-state index is 11.5. The predicted molar refractivity (Wildman–Crippen MR) is 76.3 cm³/mol. The molecule has 0 amide bonds. The van der Waals surface area contributed by atoms with E-state index < -0.39 is 5.97 Å². The van der Waals surface area contributed by atoms with Gasteiger partial charge in [-0.15, -0.1) is 0 Å². The largest absolute Gasteiger partial charge is 0.465 e. The van der Waals surface area contributed by atoms with Gasteiger partial charge in [-0.2, -0.15) is 0 Å². The molecule has 0 aliphatic heterocycles. The van der Waals surface area contributed by atoms with Gasteiger partial charge in [0.15, 0.2) is 0 Å². The van der Waals surface area contributed by atoms with Crippen LogP contribution in [-0.4, -0.2) is 32.8 Å². The maximum Gasteiger partial charge on any atom is 0.340 e. The molecule has 1 aromatic carbocycles. The highest BCUT2D eigenvalue weighted by Crippen LogP contribution is 2.23. The number of rotatable bonds is 7. The summed E-state index contributed by atoms with van der Waals surface area (Å²) >= 11 is 0. The molecule has 0 saturated heterocycles. The van der Waals surface area contributed by atoms with Gasteiger partial charge in [-0.25, -0.2) is 4.79 Å². The van der Waals surface area contributed by atoms with E-state index in [0.717, 1.165) is 12.3 Å². The molecule has 106 valence electrons. The van der Waals surface area contributed by atoms with E-state index in [2.05, 4.69) is 23.9 Å². The molecule has 0 heterocycles. The smallest absolute Gasteiger partial charge is 0.340 e. The summed E-state index contributed by atoms with van der Waals surface area (Å²) in [5.74, 6) is 0.0879. The van der Waals surface area contributed by atoms with Crippen molar-refractivity contribution < 1.29 is 14.3 Å². The van der Waals surface area contributed by atoms with E-state index in [1.54, 1.807) is 12.1 Å². The number of nitrogens with two attached hydrogens (primary N) is 1. The molecule has 0 aliphatic rings. The molecule has 0 spiro atoms. The Bertz CT molecular complexity index is 419. The SMILES string of the molecule is COC(=O)c1cccc(NCCOCC(C)C)c1N. The molecule has 0 fully saturated rings. The van der Waals surface area contributed by atoms with Crippen LogP contribution in [0, 0.1) is 5.92 Å². The van der Waals surface area contributed by atoms with E-state index in [9.17, 15) is 4.79 Å². The van der Waals surface area contributed by atoms with Gasteiger partial charge < -0.3 is 20.5 Å². The zero-order valence-corrected chi connectivity index (χ0v) is 11.7. The van der Waals surface area contributed by atoms with Crippen molar-refractivity contribution in [2.45, 2.75) is 13.8 Å². The number of nitrogen functional groups attached to an aromatic ring is 1. The van der Waals surface area contributed by atoms with Gasteiger partial charge in [0.1, 0.15) is 0 Å². The van der Waals surface area contributed by atoms with E-state index in [-0.39, 0.29) is 0 Å². The van der Waals surface area contributed by atoms with Crippen molar-refractivity contribution in [1.29, 1.82) is 0 Å². The second kappa shape index (κ2) is 7.63. The highest BCUT2D eigenvalue weighted by Gasteiger charge is 2.12. The number of benzene rings is 1. The van der Waals surface area contributed by atoms with E-state index in [1.165, 1.54) is 7.11 Å². The molecule has 0 atom stereocenters. The Kier molecular flexibility index (Phi) is 6.15. The van der Waals surface area contributed by atoms with Crippen LogP contribution in [0.15, 0.2) is 18.2 Å². The highest BCUT2D eigenvalue weighted by atomic mass is 16.5. The molecule has 19 heavy (non-hydrogen) atoms. The first-order valence-corrected chi connectivity index (χ1v) is 6.34. The van der Waals surface area contributed by atoms with Crippen LogP contribution < -0.4 is 11.1 Å². The lowest BCUT2D eigenvalue weighted by Crippen LogP contribution is -2.14. The van der Waals surface area contributed by atoms with Crippen molar-refractivity contribution in [3.63, 3.8) is 0 Å². The Balaban J connectivity index is 2.52. The molecule has 1 rings (SSSR count). The lowest BCUT2D eigenvalue weighted by atomic mass is 10.1. The summed E-state index contributed by atoms with van der Waals surface area (Å²) in [6.45, 7) is 6.18. The quantitative estimate of drug-likeness (QED) is 0.449. The molecule has 0 saturated carbocycles. The standard InChI is InChI=1S/C14H22N2O3/c1-10(2)9-19-8-7-16-12-6-4-5-11(13(12)15)14(17)18-3/h4-6,10,16H,7-9,15H2,1-3H3. The van der Waals surface area contributed by atoms with Gasteiger partial charge >= 0.3 is 5.97 Å². The van der Waals surface area contributed by atoms with E-state index >= 15 is 0 Å². The summed E-state index contributed by atoms with van der Waals surface area (Å²) in [6, 6.07) is 5.23. The molecule has 0 unspecified atom stereocenters. The minimum Gasteiger partial charge on any atom is -0.465 e. The zero-order chi connectivity index (χ0) is 14.3. The first-order chi connectivity index (χ1) is 9.06. The van der Waals surface area contributed by atoms with Crippen LogP contribution in [0.5, 0.6) is 0 Å². The van der Waals surface area contributed by atoms with Crippen LogP contribution in [0.3, 0.4) is 0 Å². The first-order valence-electron chi connectivity index (χ1n) is 6.34. The van der Waals surface area contributed by atoms with Gasteiger partial charge in [0, 0.05) is 13.2 Å². The second-order valence-electron chi connectivity index (χ2n) is 4.65. The number of hydrogen-bond donors (Lipinski definition) is 2. The summed E-state index contributed by atoms with van der Waals surface area (Å²) in [5.41, 5.74) is 7.41. The normalized spacial score (nSPS) is 10.5. The van der Waals surface area contributed by atoms with Crippen molar-refractivity contribution in [2.75, 3.05) is 37.9 Å². The minimum atomic E-state index is -0.433. The number of para-hydroxylation sites is 1. The topological polar surface area (TPSA) is 73.6 Å². The van der Waals surface area contributed by atoms with Crippen LogP contribution in [0.25, 0.3) is 0 Å². The van der Waals surface area contributed by atoms with Crippen LogP contribution in [0.4, 0.5) is 11.4 Å². The Hall–Kier alpha value is -1.75. The molecule has 5 nitrogen and oxygen atoms in total. The van der Waals surface area contributed by atoms with Gasteiger partial charge in [-0.1, -0.05) is 19.9 Å². The number of carbonyl (C=O) groups is 1. The van der Waals surface area contributed by atoms with Crippen molar-refractivity contribution in [3.05, 3.63) is 23.8 Å². The number of nitrogens with one attached hydrogen (secondary N) is 1. The third kappa shape index (κ3) is 4.79. The average molecular weight is 266 g/mol. The Morgan fingerprint density at radius 2 is 2.16 bits per heavy atom. The molecule has 0 radical (unpaired) electrons. The number of carbonyl (C=O) groups excluding carboxylic acids is 1. The molecule has 5 heteroatoms. The Morgan fingerprint density at radius 3 is 2.79 bits per heavy atom. The Labute approximate surface area is 114 Å². The van der Waals surface area contributed by atoms with Gasteiger partial charge in [0.25, 0.3) is 0 Å². The van der Waals surface area contributed by atoms with Gasteiger partial charge in [0.2, 0.25) is 0 Å². The van der Waals surface area contributed by atoms with Gasteiger partial charge in [-0.3, -0.25) is 0 Å². The summed E-state index contributed by atoms with van der Waals surface area (Å²) in [5, 5.41) is 3.15. The molecular formula is C14H22N2O3. The predicted octanol–water partition coefficient (Wildman–Crippen LogP) is 2.14. The van der Waals surface area contributed by atoms with E-state index in [4.69, 9.17) is 10.5 Å². The van der Waals surface area contributed by atoms with Gasteiger partial charge in [0.05, 0.1) is 30.7 Å². The third-order valence-electron chi connectivity index (χ3n) is 2.52. The highest BCUT2D eigenvalue weighted by molar-refractivity contribution is 5.98. The molecule has 1 aromatic rings. The van der Waals surface area contributed by atoms with Crippen LogP contribution in [-0.2, 0) is 9.47 Å².